The lowest BCUT2D eigenvalue weighted by atomic mass is 10.2. The van der Waals surface area contributed by atoms with E-state index in [1.54, 1.807) is 67.0 Å². The van der Waals surface area contributed by atoms with Crippen LogP contribution in [-0.4, -0.2) is 28.0 Å². The Balaban J connectivity index is 0.00000280. The van der Waals surface area contributed by atoms with Gasteiger partial charge >= 0.3 is 11.7 Å². The summed E-state index contributed by atoms with van der Waals surface area (Å²) < 4.78 is 7.58. The van der Waals surface area contributed by atoms with Gasteiger partial charge in [0.1, 0.15) is 5.84 Å². The van der Waals surface area contributed by atoms with Crippen molar-refractivity contribution in [1.29, 1.82) is 5.41 Å². The molecule has 0 unspecified atom stereocenters. The summed E-state index contributed by atoms with van der Waals surface area (Å²) in [6, 6.07) is 14.1. The van der Waals surface area contributed by atoms with Crippen LogP contribution in [0, 0.1) is 5.41 Å². The summed E-state index contributed by atoms with van der Waals surface area (Å²) in [6.45, 7) is 0. The molecule has 8 heteroatoms. The molecule has 28 heavy (non-hydrogen) atoms. The number of halogens is 1. The zero-order valence-electron chi connectivity index (χ0n) is 15.0. The summed E-state index contributed by atoms with van der Waals surface area (Å²) in [5.41, 5.74) is 8.03. The van der Waals surface area contributed by atoms with E-state index >= 15 is 0 Å². The summed E-state index contributed by atoms with van der Waals surface area (Å²) in [5.74, 6) is -0.448. The Morgan fingerprint density at radius 3 is 1.96 bits per heavy atom. The van der Waals surface area contributed by atoms with Crippen LogP contribution in [0.2, 0.25) is 0 Å². The molecule has 7 nitrogen and oxygen atoms in total. The minimum atomic E-state index is -0.428. The lowest BCUT2D eigenvalue weighted by Crippen LogP contribution is -2.21. The maximum atomic E-state index is 12.7. The largest absolute Gasteiger partial charge is 0.466 e. The molecule has 0 aliphatic rings. The number of nitrogens with zero attached hydrogens (tertiary/aromatic N) is 2. The fourth-order valence-corrected chi connectivity index (χ4v) is 2.55. The highest BCUT2D eigenvalue weighted by Crippen LogP contribution is 2.12. The third-order valence-electron chi connectivity index (χ3n) is 4.02. The molecule has 0 fully saturated rings. The Kier molecular flexibility index (Phi) is 6.57. The highest BCUT2D eigenvalue weighted by atomic mass is 35.5. The van der Waals surface area contributed by atoms with E-state index in [-0.39, 0.29) is 23.9 Å². The minimum absolute atomic E-state index is 0. The molecule has 3 N–H and O–H groups in total. The van der Waals surface area contributed by atoms with Crippen LogP contribution < -0.4 is 11.4 Å². The highest BCUT2D eigenvalue weighted by Gasteiger charge is 2.07. The van der Waals surface area contributed by atoms with E-state index in [1.165, 1.54) is 22.3 Å². The molecule has 3 aromatic rings. The van der Waals surface area contributed by atoms with Crippen LogP contribution in [0.5, 0.6) is 0 Å². The number of amidine groups is 1. The van der Waals surface area contributed by atoms with Crippen molar-refractivity contribution in [2.75, 3.05) is 7.11 Å². The Bertz CT molecular complexity index is 1060. The summed E-state index contributed by atoms with van der Waals surface area (Å²) in [6.07, 6.45) is 6.33. The number of esters is 1. The number of hydrogen-bond donors (Lipinski definition) is 2. The van der Waals surface area contributed by atoms with Crippen LogP contribution >= 0.6 is 12.4 Å². The molecule has 0 radical (unpaired) electrons. The number of nitrogens with two attached hydrogens (primary N) is 1. The second-order valence-electron chi connectivity index (χ2n) is 5.73. The van der Waals surface area contributed by atoms with Gasteiger partial charge in [-0.1, -0.05) is 12.1 Å². The minimum Gasteiger partial charge on any atom is -0.466 e. The average Bonchev–Trinajstić information content (AvgIpc) is 3.08. The first-order valence-electron chi connectivity index (χ1n) is 8.11. The maximum absolute atomic E-state index is 12.7. The van der Waals surface area contributed by atoms with Gasteiger partial charge in [0.2, 0.25) is 0 Å². The van der Waals surface area contributed by atoms with E-state index in [1.807, 2.05) is 0 Å². The molecule has 144 valence electrons. The summed E-state index contributed by atoms with van der Waals surface area (Å²) in [7, 11) is 1.32. The Morgan fingerprint density at radius 1 is 1.00 bits per heavy atom. The van der Waals surface area contributed by atoms with E-state index in [0.29, 0.717) is 16.9 Å². The fourth-order valence-electron chi connectivity index (χ4n) is 2.55. The molecule has 0 saturated heterocycles. The van der Waals surface area contributed by atoms with Gasteiger partial charge in [-0.15, -0.1) is 12.4 Å². The zero-order chi connectivity index (χ0) is 19.4. The number of aromatic nitrogens is 2. The predicted molar refractivity (Wildman–Crippen MR) is 111 cm³/mol. The third-order valence-corrected chi connectivity index (χ3v) is 4.02. The molecule has 1 heterocycles. The molecule has 0 bridgehead atoms. The van der Waals surface area contributed by atoms with Crippen LogP contribution in [0.25, 0.3) is 17.5 Å². The number of imidazole rings is 1. The molecule has 0 amide bonds. The van der Waals surface area contributed by atoms with Crippen molar-refractivity contribution >= 4 is 30.3 Å². The summed E-state index contributed by atoms with van der Waals surface area (Å²) in [5, 5.41) is 7.43. The zero-order valence-corrected chi connectivity index (χ0v) is 15.8. The monoisotopic (exact) mass is 398 g/mol. The highest BCUT2D eigenvalue weighted by molar-refractivity contribution is 5.95. The quantitative estimate of drug-likeness (QED) is 0.298. The first-order valence-corrected chi connectivity index (χ1v) is 8.11. The van der Waals surface area contributed by atoms with Gasteiger partial charge < -0.3 is 10.5 Å². The molecule has 3 rings (SSSR count). The van der Waals surface area contributed by atoms with Crippen molar-refractivity contribution in [2.24, 2.45) is 5.73 Å². The number of nitrogens with one attached hydrogen (secondary N) is 1. The van der Waals surface area contributed by atoms with E-state index in [0.717, 1.165) is 5.56 Å². The van der Waals surface area contributed by atoms with Gasteiger partial charge in [0.15, 0.2) is 0 Å². The first-order chi connectivity index (χ1) is 13.0. The molecule has 0 aliphatic carbocycles. The van der Waals surface area contributed by atoms with Crippen LogP contribution in [0.4, 0.5) is 0 Å². The molecule has 0 aliphatic heterocycles. The van der Waals surface area contributed by atoms with Crippen molar-refractivity contribution in [3.63, 3.8) is 0 Å². The number of ether oxygens (including phenoxy) is 1. The first kappa shape index (κ1) is 20.7. The SMILES string of the molecule is COC(=O)/C=C/c1ccc(-n2ccn(-c3ccc(C(=N)N)cc3)c2=O)cc1.Cl. The third kappa shape index (κ3) is 4.39. The Labute approximate surface area is 167 Å². The van der Waals surface area contributed by atoms with Crippen molar-refractivity contribution in [3.05, 3.63) is 88.6 Å². The van der Waals surface area contributed by atoms with Crippen LogP contribution in [-0.2, 0) is 9.53 Å². The molecule has 2 aromatic carbocycles. The topological polar surface area (TPSA) is 103 Å². The summed E-state index contributed by atoms with van der Waals surface area (Å²) in [4.78, 5) is 23.8. The number of carbonyl (C=O) groups excluding carboxylic acids is 1. The molecule has 0 saturated carbocycles. The number of nitrogen functional groups attached to an aromatic ring is 1. The Morgan fingerprint density at radius 2 is 1.50 bits per heavy atom. The van der Waals surface area contributed by atoms with Gasteiger partial charge in [-0.2, -0.15) is 0 Å². The lowest BCUT2D eigenvalue weighted by molar-refractivity contribution is -0.134. The molecular weight excluding hydrogens is 380 g/mol. The van der Waals surface area contributed by atoms with Gasteiger partial charge in [0, 0.05) is 24.0 Å². The second kappa shape index (κ2) is 8.88. The number of carbonyl (C=O) groups is 1. The lowest BCUT2D eigenvalue weighted by Gasteiger charge is -2.04. The number of hydrogen-bond acceptors (Lipinski definition) is 4. The number of benzene rings is 2. The number of methoxy groups -OCH3 is 1. The normalized spacial score (nSPS) is 10.5. The maximum Gasteiger partial charge on any atom is 0.337 e. The van der Waals surface area contributed by atoms with E-state index in [4.69, 9.17) is 11.1 Å². The fraction of sp³-hybridized carbons (Fsp3) is 0.0500. The molecule has 0 atom stereocenters. The smallest absolute Gasteiger partial charge is 0.337 e. The van der Waals surface area contributed by atoms with Crippen molar-refractivity contribution in [3.8, 4) is 11.4 Å². The van der Waals surface area contributed by atoms with E-state index < -0.39 is 5.97 Å². The van der Waals surface area contributed by atoms with Gasteiger partial charge in [-0.25, -0.2) is 9.59 Å². The van der Waals surface area contributed by atoms with Gasteiger partial charge in [-0.05, 0) is 48.0 Å². The predicted octanol–water partition coefficient (Wildman–Crippen LogP) is 2.52. The number of rotatable bonds is 5. The van der Waals surface area contributed by atoms with E-state index in [9.17, 15) is 9.59 Å². The van der Waals surface area contributed by atoms with Crippen LogP contribution in [0.3, 0.4) is 0 Å². The van der Waals surface area contributed by atoms with Crippen LogP contribution in [0.15, 0.2) is 71.8 Å². The molecular formula is C20H19ClN4O3. The van der Waals surface area contributed by atoms with Gasteiger partial charge in [-0.3, -0.25) is 14.5 Å². The average molecular weight is 399 g/mol. The van der Waals surface area contributed by atoms with Crippen molar-refractivity contribution < 1.29 is 9.53 Å². The van der Waals surface area contributed by atoms with Gasteiger partial charge in [0.05, 0.1) is 18.5 Å². The second-order valence-corrected chi connectivity index (χ2v) is 5.73. The van der Waals surface area contributed by atoms with Crippen molar-refractivity contribution in [2.45, 2.75) is 0 Å². The molecule has 1 aromatic heterocycles. The summed E-state index contributed by atoms with van der Waals surface area (Å²) >= 11 is 0. The van der Waals surface area contributed by atoms with Crippen LogP contribution in [0.1, 0.15) is 11.1 Å². The standard InChI is InChI=1S/C20H18N4O3.ClH/c1-27-18(25)11-4-14-2-7-16(8-3-14)23-12-13-24(20(23)26)17-9-5-15(6-10-17)19(21)22;/h2-13H,1H3,(H3,21,22);1H/b11-4+;. The Hall–Kier alpha value is -3.58. The van der Waals surface area contributed by atoms with Crippen molar-refractivity contribution in [1.82, 2.24) is 9.13 Å². The molecule has 0 spiro atoms. The van der Waals surface area contributed by atoms with E-state index in [2.05, 4.69) is 4.74 Å². The van der Waals surface area contributed by atoms with Gasteiger partial charge in [0.25, 0.3) is 0 Å².